The Hall–Kier alpha value is -1.08. The highest BCUT2D eigenvalue weighted by atomic mass is 32.2. The topological polar surface area (TPSA) is 89.9 Å². The van der Waals surface area contributed by atoms with Crippen LogP contribution in [0.2, 0.25) is 0 Å². The molecule has 1 N–H and O–H groups in total. The summed E-state index contributed by atoms with van der Waals surface area (Å²) in [4.78, 5) is 12.5. The molecule has 168 valence electrons. The summed E-state index contributed by atoms with van der Waals surface area (Å²) in [7, 11) is -6.84. The quantitative estimate of drug-likeness (QED) is 0.262. The summed E-state index contributed by atoms with van der Waals surface area (Å²) in [6, 6.07) is 0. The van der Waals surface area contributed by atoms with E-state index in [2.05, 4.69) is 4.74 Å². The van der Waals surface area contributed by atoms with Gasteiger partial charge in [-0.2, -0.15) is 34.8 Å². The van der Waals surface area contributed by atoms with Gasteiger partial charge >= 0.3 is 33.4 Å². The maximum absolute atomic E-state index is 13.4. The lowest BCUT2D eigenvalue weighted by Gasteiger charge is -2.55. The molecular weight excluding hydrogens is 434 g/mol. The highest BCUT2D eigenvalue weighted by Crippen LogP contribution is 2.60. The average Bonchev–Trinajstić information content (AvgIpc) is 2.56. The molecule has 6 nitrogen and oxygen atoms in total. The monoisotopic (exact) mass is 454 g/mol. The Morgan fingerprint density at radius 1 is 0.931 bits per heavy atom. The first-order valence-corrected chi connectivity index (χ1v) is 10.5. The number of carbonyl (C=O) groups excluding carboxylic acids is 1. The van der Waals surface area contributed by atoms with Crippen LogP contribution >= 0.6 is 0 Å². The molecule has 4 aliphatic carbocycles. The van der Waals surface area contributed by atoms with Crippen LogP contribution in [0.3, 0.4) is 0 Å². The molecule has 0 atom stereocenters. The third-order valence-electron chi connectivity index (χ3n) is 6.13. The van der Waals surface area contributed by atoms with E-state index in [0.717, 1.165) is 19.3 Å². The minimum atomic E-state index is -6.84. The van der Waals surface area contributed by atoms with Crippen molar-refractivity contribution in [2.75, 3.05) is 13.2 Å². The Balaban J connectivity index is 1.55. The number of halogens is 6. The smallest absolute Gasteiger partial charge is 0.440 e. The second kappa shape index (κ2) is 6.98. The average molecular weight is 454 g/mol. The van der Waals surface area contributed by atoms with Gasteiger partial charge in [-0.25, -0.2) is 0 Å². The van der Waals surface area contributed by atoms with Crippen molar-refractivity contribution in [1.29, 1.82) is 0 Å². The molecule has 0 amide bonds. The summed E-state index contributed by atoms with van der Waals surface area (Å²) >= 11 is 0. The van der Waals surface area contributed by atoms with Gasteiger partial charge in [-0.05, 0) is 56.3 Å². The van der Waals surface area contributed by atoms with E-state index in [-0.39, 0.29) is 0 Å². The van der Waals surface area contributed by atoms with Crippen LogP contribution in [-0.4, -0.2) is 49.4 Å². The van der Waals surface area contributed by atoms with E-state index in [1.807, 2.05) is 0 Å². The van der Waals surface area contributed by atoms with E-state index in [4.69, 9.17) is 9.29 Å². The summed E-state index contributed by atoms with van der Waals surface area (Å²) < 4.78 is 117. The number of rotatable bonds is 8. The van der Waals surface area contributed by atoms with Gasteiger partial charge in [0, 0.05) is 0 Å². The molecule has 4 fully saturated rings. The molecule has 4 rings (SSSR count). The molecule has 29 heavy (non-hydrogen) atoms. The van der Waals surface area contributed by atoms with Crippen molar-refractivity contribution >= 4 is 16.1 Å². The summed E-state index contributed by atoms with van der Waals surface area (Å²) in [5.74, 6) is -6.06. The standard InChI is InChI=1S/C16H20F6O6S/c17-14(18,16(21,22)29(24,25)26)15(19,20)28-2-1-27-12(23)13-6-9-3-10(7-13)5-11(4-9)8-13/h9-11H,1-8H2,(H,24,25,26). The molecular formula is C16H20F6O6S. The SMILES string of the molecule is O=C(OCCOC(F)(F)C(F)(F)C(F)(F)S(=O)(=O)O)C12CC3CC(CC(C3)C1)C2. The third kappa shape index (κ3) is 3.73. The fourth-order valence-corrected chi connectivity index (χ4v) is 5.68. The first-order valence-electron chi connectivity index (χ1n) is 9.03. The first-order chi connectivity index (χ1) is 13.1. The number of hydrogen-bond donors (Lipinski definition) is 1. The molecule has 4 saturated carbocycles. The molecule has 0 spiro atoms. The van der Waals surface area contributed by atoms with Crippen LogP contribution in [0.1, 0.15) is 38.5 Å². The number of hydrogen-bond acceptors (Lipinski definition) is 5. The van der Waals surface area contributed by atoms with Crippen LogP contribution in [0.25, 0.3) is 0 Å². The summed E-state index contributed by atoms with van der Waals surface area (Å²) in [6.45, 7) is -2.27. The van der Waals surface area contributed by atoms with Gasteiger partial charge in [-0.1, -0.05) is 0 Å². The zero-order chi connectivity index (χ0) is 21.9. The molecule has 4 bridgehead atoms. The zero-order valence-corrected chi connectivity index (χ0v) is 15.9. The van der Waals surface area contributed by atoms with Gasteiger partial charge in [0.05, 0.1) is 12.0 Å². The Kier molecular flexibility index (Phi) is 5.44. The molecule has 0 aromatic heterocycles. The van der Waals surface area contributed by atoms with Crippen molar-refractivity contribution in [2.45, 2.75) is 55.8 Å². The second-order valence-corrected chi connectivity index (χ2v) is 9.73. The van der Waals surface area contributed by atoms with Gasteiger partial charge in [-0.15, -0.1) is 0 Å². The van der Waals surface area contributed by atoms with Gasteiger partial charge < -0.3 is 9.47 Å². The fourth-order valence-electron chi connectivity index (χ4n) is 5.24. The van der Waals surface area contributed by atoms with Crippen molar-refractivity contribution in [3.05, 3.63) is 0 Å². The maximum atomic E-state index is 13.4. The van der Waals surface area contributed by atoms with E-state index in [1.165, 1.54) is 0 Å². The van der Waals surface area contributed by atoms with Crippen LogP contribution in [-0.2, 0) is 24.4 Å². The number of alkyl halides is 6. The van der Waals surface area contributed by atoms with Crippen molar-refractivity contribution in [2.24, 2.45) is 23.2 Å². The summed E-state index contributed by atoms with van der Waals surface area (Å²) in [5, 5.41) is -6.49. The van der Waals surface area contributed by atoms with Crippen molar-refractivity contribution in [3.8, 4) is 0 Å². The Bertz CT molecular complexity index is 733. The molecule has 0 radical (unpaired) electrons. The van der Waals surface area contributed by atoms with Gasteiger partial charge in [0.25, 0.3) is 0 Å². The molecule has 0 aliphatic heterocycles. The summed E-state index contributed by atoms with van der Waals surface area (Å²) in [6.07, 6.45) is -1.05. The predicted molar refractivity (Wildman–Crippen MR) is 83.9 cm³/mol. The second-order valence-electron chi connectivity index (χ2n) is 8.27. The van der Waals surface area contributed by atoms with Gasteiger partial charge in [0.1, 0.15) is 6.61 Å². The maximum Gasteiger partial charge on any atom is 0.440 e. The molecule has 0 saturated heterocycles. The lowest BCUT2D eigenvalue weighted by molar-refractivity contribution is -0.383. The van der Waals surface area contributed by atoms with E-state index in [9.17, 15) is 39.6 Å². The fraction of sp³-hybridized carbons (Fsp3) is 0.938. The highest BCUT2D eigenvalue weighted by Gasteiger charge is 2.78. The van der Waals surface area contributed by atoms with Crippen LogP contribution in [0.4, 0.5) is 26.3 Å². The molecule has 4 aliphatic rings. The van der Waals surface area contributed by atoms with Gasteiger partial charge in [0.15, 0.2) is 0 Å². The van der Waals surface area contributed by atoms with E-state index in [0.29, 0.717) is 37.0 Å². The van der Waals surface area contributed by atoms with E-state index in [1.54, 1.807) is 0 Å². The molecule has 0 unspecified atom stereocenters. The minimum Gasteiger partial charge on any atom is -0.463 e. The van der Waals surface area contributed by atoms with Gasteiger partial charge in [0.2, 0.25) is 0 Å². The van der Waals surface area contributed by atoms with Crippen LogP contribution in [0.5, 0.6) is 0 Å². The lowest BCUT2D eigenvalue weighted by Crippen LogP contribution is -2.58. The van der Waals surface area contributed by atoms with Gasteiger partial charge in [-0.3, -0.25) is 9.35 Å². The Morgan fingerprint density at radius 3 is 1.79 bits per heavy atom. The Morgan fingerprint density at radius 2 is 1.38 bits per heavy atom. The largest absolute Gasteiger partial charge is 0.463 e. The van der Waals surface area contributed by atoms with Crippen LogP contribution in [0, 0.1) is 23.2 Å². The molecule has 13 heteroatoms. The number of carbonyl (C=O) groups is 1. The Labute approximate surface area is 162 Å². The lowest BCUT2D eigenvalue weighted by atomic mass is 9.49. The van der Waals surface area contributed by atoms with Crippen molar-refractivity contribution in [1.82, 2.24) is 0 Å². The molecule has 0 heterocycles. The van der Waals surface area contributed by atoms with Crippen LogP contribution in [0.15, 0.2) is 0 Å². The van der Waals surface area contributed by atoms with E-state index >= 15 is 0 Å². The zero-order valence-electron chi connectivity index (χ0n) is 15.1. The normalized spacial score (nSPS) is 32.4. The van der Waals surface area contributed by atoms with E-state index < -0.39 is 52.0 Å². The van der Waals surface area contributed by atoms with Crippen LogP contribution < -0.4 is 0 Å². The van der Waals surface area contributed by atoms with Crippen molar-refractivity contribution in [3.63, 3.8) is 0 Å². The number of esters is 1. The molecule has 0 aromatic rings. The third-order valence-corrected chi connectivity index (χ3v) is 7.03. The first kappa shape index (κ1) is 22.6. The minimum absolute atomic E-state index is 0.385. The van der Waals surface area contributed by atoms with Crippen molar-refractivity contribution < 1.29 is 53.6 Å². The predicted octanol–water partition coefficient (Wildman–Crippen LogP) is 3.47. The molecule has 0 aromatic carbocycles. The summed E-state index contributed by atoms with van der Waals surface area (Å²) in [5.41, 5.74) is -0.737. The number of ether oxygens (including phenoxy) is 2. The highest BCUT2D eigenvalue weighted by molar-refractivity contribution is 7.87.